The van der Waals surface area contributed by atoms with Gasteiger partial charge < -0.3 is 10.2 Å². The first-order valence-corrected chi connectivity index (χ1v) is 11.1. The molecule has 28 heavy (non-hydrogen) atoms. The van der Waals surface area contributed by atoms with Gasteiger partial charge in [-0.25, -0.2) is 0 Å². The molecule has 0 saturated heterocycles. The molecule has 3 aliphatic carbocycles. The Morgan fingerprint density at radius 1 is 1.07 bits per heavy atom. The summed E-state index contributed by atoms with van der Waals surface area (Å²) < 4.78 is 0. The lowest BCUT2D eigenvalue weighted by atomic mass is 9.50. The zero-order chi connectivity index (χ0) is 19.5. The van der Waals surface area contributed by atoms with Crippen LogP contribution in [0.15, 0.2) is 48.5 Å². The van der Waals surface area contributed by atoms with E-state index in [0.29, 0.717) is 35.3 Å². The molecule has 0 radical (unpaired) electrons. The fraction of sp³-hybridized carbons (Fsp3) is 0.538. The first-order chi connectivity index (χ1) is 13.5. The largest absolute Gasteiger partial charge is 0.508 e. The average Bonchev–Trinajstić information content (AvgIpc) is 2.96. The summed E-state index contributed by atoms with van der Waals surface area (Å²) in [4.78, 5) is 0. The van der Waals surface area contributed by atoms with Crippen LogP contribution in [0.5, 0.6) is 5.75 Å². The van der Waals surface area contributed by atoms with E-state index < -0.39 is 0 Å². The SMILES string of the molecule is CC[C@H]1[C@H]2[C@H]3[C@H](CC[C@]2(C)C[C@@H]1O)c1ccc(O)cc1C[C@H]3c1ccccc1. The number of aliphatic hydroxyl groups is 1. The normalized spacial score (nSPS) is 39.1. The van der Waals surface area contributed by atoms with Crippen LogP contribution in [0.3, 0.4) is 0 Å². The molecular formula is C26H32O2. The van der Waals surface area contributed by atoms with Gasteiger partial charge in [0.15, 0.2) is 0 Å². The number of aromatic hydroxyl groups is 1. The highest BCUT2D eigenvalue weighted by molar-refractivity contribution is 5.43. The zero-order valence-electron chi connectivity index (χ0n) is 17.0. The number of fused-ring (bicyclic) bond motifs is 5. The van der Waals surface area contributed by atoms with E-state index in [2.05, 4.69) is 50.2 Å². The van der Waals surface area contributed by atoms with Gasteiger partial charge in [0.1, 0.15) is 5.75 Å². The zero-order valence-corrected chi connectivity index (χ0v) is 17.0. The van der Waals surface area contributed by atoms with Crippen molar-refractivity contribution >= 4 is 0 Å². The molecule has 3 aliphatic rings. The topological polar surface area (TPSA) is 40.5 Å². The second-order valence-electron chi connectivity index (χ2n) is 9.85. The lowest BCUT2D eigenvalue weighted by molar-refractivity contribution is 0.0167. The van der Waals surface area contributed by atoms with Gasteiger partial charge in [0.2, 0.25) is 0 Å². The molecule has 0 aromatic heterocycles. The molecule has 5 rings (SSSR count). The molecule has 2 saturated carbocycles. The molecule has 2 fully saturated rings. The molecule has 148 valence electrons. The average molecular weight is 377 g/mol. The predicted octanol–water partition coefficient (Wildman–Crippen LogP) is 5.64. The van der Waals surface area contributed by atoms with Crippen molar-refractivity contribution in [3.8, 4) is 5.75 Å². The minimum Gasteiger partial charge on any atom is -0.508 e. The van der Waals surface area contributed by atoms with Crippen LogP contribution in [0.1, 0.15) is 68.1 Å². The number of benzene rings is 2. The molecular weight excluding hydrogens is 344 g/mol. The Bertz CT molecular complexity index is 860. The third-order valence-corrected chi connectivity index (χ3v) is 8.47. The van der Waals surface area contributed by atoms with E-state index in [1.165, 1.54) is 29.5 Å². The van der Waals surface area contributed by atoms with Gasteiger partial charge in [0.25, 0.3) is 0 Å². The van der Waals surface area contributed by atoms with Gasteiger partial charge in [-0.05, 0) is 89.5 Å². The number of aliphatic hydroxyl groups excluding tert-OH is 1. The van der Waals surface area contributed by atoms with Gasteiger partial charge in [-0.15, -0.1) is 0 Å². The standard InChI is InChI=1S/C26H32O2/c1-3-19-23(28)15-26(2)12-11-21-20-10-9-18(27)13-17(20)14-22(24(21)25(19)26)16-7-5-4-6-8-16/h4-10,13,19,21-25,27-28H,3,11-12,14-15H2,1-2H3/t19-,21-,22+,23+,24+,25+,26-/m1/s1. The molecule has 0 heterocycles. The Balaban J connectivity index is 1.67. The van der Waals surface area contributed by atoms with Gasteiger partial charge in [0, 0.05) is 0 Å². The van der Waals surface area contributed by atoms with E-state index >= 15 is 0 Å². The van der Waals surface area contributed by atoms with Crippen molar-refractivity contribution in [2.24, 2.45) is 23.2 Å². The summed E-state index contributed by atoms with van der Waals surface area (Å²) in [5.74, 6) is 2.92. The Kier molecular flexibility index (Phi) is 4.32. The monoisotopic (exact) mass is 376 g/mol. The lowest BCUT2D eigenvalue weighted by Gasteiger charge is -2.53. The van der Waals surface area contributed by atoms with Crippen LogP contribution in [0.25, 0.3) is 0 Å². The molecule has 2 heteroatoms. The van der Waals surface area contributed by atoms with Crippen molar-refractivity contribution < 1.29 is 10.2 Å². The molecule has 2 aromatic carbocycles. The van der Waals surface area contributed by atoms with Crippen molar-refractivity contribution in [2.75, 3.05) is 0 Å². The van der Waals surface area contributed by atoms with E-state index in [9.17, 15) is 10.2 Å². The minimum atomic E-state index is -0.156. The van der Waals surface area contributed by atoms with Crippen molar-refractivity contribution in [3.05, 3.63) is 65.2 Å². The van der Waals surface area contributed by atoms with Crippen LogP contribution in [-0.4, -0.2) is 16.3 Å². The van der Waals surface area contributed by atoms with Gasteiger partial charge in [-0.2, -0.15) is 0 Å². The Labute approximate surface area is 168 Å². The lowest BCUT2D eigenvalue weighted by Crippen LogP contribution is -2.45. The predicted molar refractivity (Wildman–Crippen MR) is 112 cm³/mol. The molecule has 7 atom stereocenters. The van der Waals surface area contributed by atoms with Crippen molar-refractivity contribution in [2.45, 2.75) is 63.9 Å². The first kappa shape index (κ1) is 18.2. The smallest absolute Gasteiger partial charge is 0.115 e. The van der Waals surface area contributed by atoms with Crippen molar-refractivity contribution in [3.63, 3.8) is 0 Å². The Morgan fingerprint density at radius 2 is 1.86 bits per heavy atom. The van der Waals surface area contributed by atoms with Gasteiger partial charge >= 0.3 is 0 Å². The molecule has 2 N–H and O–H groups in total. The third-order valence-electron chi connectivity index (χ3n) is 8.47. The van der Waals surface area contributed by atoms with Crippen molar-refractivity contribution in [1.29, 1.82) is 0 Å². The quantitative estimate of drug-likeness (QED) is 0.712. The molecule has 2 aromatic rings. The van der Waals surface area contributed by atoms with Crippen molar-refractivity contribution in [1.82, 2.24) is 0 Å². The van der Waals surface area contributed by atoms with Gasteiger partial charge in [-0.3, -0.25) is 0 Å². The number of hydrogen-bond acceptors (Lipinski definition) is 2. The maximum Gasteiger partial charge on any atom is 0.115 e. The highest BCUT2D eigenvalue weighted by Crippen LogP contribution is 2.65. The van der Waals surface area contributed by atoms with Crippen LogP contribution < -0.4 is 0 Å². The molecule has 0 bridgehead atoms. The van der Waals surface area contributed by atoms with Crippen LogP contribution >= 0.6 is 0 Å². The van der Waals surface area contributed by atoms with Gasteiger partial charge in [0.05, 0.1) is 6.10 Å². The summed E-state index contributed by atoms with van der Waals surface area (Å²) in [5.41, 5.74) is 4.45. The highest BCUT2D eigenvalue weighted by Gasteiger charge is 2.59. The fourth-order valence-corrected chi connectivity index (χ4v) is 7.43. The van der Waals surface area contributed by atoms with Gasteiger partial charge in [-0.1, -0.05) is 56.7 Å². The maximum atomic E-state index is 10.9. The van der Waals surface area contributed by atoms with E-state index in [4.69, 9.17) is 0 Å². The fourth-order valence-electron chi connectivity index (χ4n) is 7.43. The first-order valence-electron chi connectivity index (χ1n) is 11.1. The molecule has 0 spiro atoms. The molecule has 0 unspecified atom stereocenters. The minimum absolute atomic E-state index is 0.156. The third kappa shape index (κ3) is 2.64. The summed E-state index contributed by atoms with van der Waals surface area (Å²) >= 11 is 0. The van der Waals surface area contributed by atoms with Crippen LogP contribution in [-0.2, 0) is 6.42 Å². The maximum absolute atomic E-state index is 10.9. The van der Waals surface area contributed by atoms with Crippen LogP contribution in [0.2, 0.25) is 0 Å². The molecule has 2 nitrogen and oxygen atoms in total. The number of hydrogen-bond donors (Lipinski definition) is 2. The second kappa shape index (κ2) is 6.62. The van der Waals surface area contributed by atoms with E-state index in [-0.39, 0.29) is 11.5 Å². The number of phenols is 1. The summed E-state index contributed by atoms with van der Waals surface area (Å²) in [6.45, 7) is 4.71. The van der Waals surface area contributed by atoms with Crippen LogP contribution in [0, 0.1) is 23.2 Å². The summed E-state index contributed by atoms with van der Waals surface area (Å²) in [6.07, 6.45) is 5.26. The summed E-state index contributed by atoms with van der Waals surface area (Å²) in [7, 11) is 0. The summed E-state index contributed by atoms with van der Waals surface area (Å²) in [6, 6.07) is 17.0. The molecule has 0 aliphatic heterocycles. The number of rotatable bonds is 2. The van der Waals surface area contributed by atoms with E-state index in [1.807, 2.05) is 12.1 Å². The van der Waals surface area contributed by atoms with Crippen LogP contribution in [0.4, 0.5) is 0 Å². The Morgan fingerprint density at radius 3 is 2.61 bits per heavy atom. The Hall–Kier alpha value is -1.80. The van der Waals surface area contributed by atoms with E-state index in [0.717, 1.165) is 19.3 Å². The second-order valence-corrected chi connectivity index (χ2v) is 9.85. The number of phenolic OH excluding ortho intramolecular Hbond substituents is 1. The summed E-state index contributed by atoms with van der Waals surface area (Å²) in [5, 5.41) is 21.0. The highest BCUT2D eigenvalue weighted by atomic mass is 16.3. The molecule has 0 amide bonds. The van der Waals surface area contributed by atoms with E-state index in [1.54, 1.807) is 0 Å².